The molecule has 0 heterocycles. The Morgan fingerprint density at radius 1 is 1.25 bits per heavy atom. The van der Waals surface area contributed by atoms with Gasteiger partial charge < -0.3 is 0 Å². The van der Waals surface area contributed by atoms with Crippen molar-refractivity contribution < 1.29 is 40.0 Å². The summed E-state index contributed by atoms with van der Waals surface area (Å²) in [6.07, 6.45) is 0. The van der Waals surface area contributed by atoms with E-state index < -0.39 is 0 Å². The van der Waals surface area contributed by atoms with E-state index in [1.54, 1.807) is 0 Å². The zero-order chi connectivity index (χ0) is 2.71. The van der Waals surface area contributed by atoms with Gasteiger partial charge in [-0.25, -0.2) is 0 Å². The summed E-state index contributed by atoms with van der Waals surface area (Å²) in [6, 6.07) is 0. The summed E-state index contributed by atoms with van der Waals surface area (Å²) in [5, 5.41) is 1.25. The third-order valence-corrected chi connectivity index (χ3v) is 0. The fourth-order valence-electron chi connectivity index (χ4n) is 0. The maximum atomic E-state index is 9.12. The van der Waals surface area contributed by atoms with Crippen molar-refractivity contribution in [1.29, 1.82) is 0 Å². The van der Waals surface area contributed by atoms with E-state index in [0.717, 1.165) is 0 Å². The molecule has 0 aliphatic heterocycles. The first kappa shape index (κ1) is 8.83. The third-order valence-electron chi connectivity index (χ3n) is 0. The van der Waals surface area contributed by atoms with Gasteiger partial charge >= 0.3 is 0 Å². The van der Waals surface area contributed by atoms with Crippen molar-refractivity contribution in [3.8, 4) is 0 Å². The summed E-state index contributed by atoms with van der Waals surface area (Å²) in [5.41, 5.74) is 0. The number of rotatable bonds is 0. The fourth-order valence-corrected chi connectivity index (χ4v) is 0. The molecule has 23 valence electrons. The first-order chi connectivity index (χ1) is 1.41. The molecular formula is F2OSc. The largest absolute Gasteiger partial charge is 0.0209 e. The Morgan fingerprint density at radius 2 is 1.25 bits per heavy atom. The van der Waals surface area contributed by atoms with Gasteiger partial charge in [-0.05, 0) is 9.05 Å². The Balaban J connectivity index is 0. The SMILES string of the molecule is FOF.[Sc]. The second-order valence-corrected chi connectivity index (χ2v) is 0.0583. The van der Waals surface area contributed by atoms with Crippen molar-refractivity contribution in [1.82, 2.24) is 0 Å². The van der Waals surface area contributed by atoms with Crippen LogP contribution in [0, 0.1) is 0 Å². The first-order valence-corrected chi connectivity index (χ1v) is 0.309. The van der Waals surface area contributed by atoms with Crippen LogP contribution in [0.1, 0.15) is 0 Å². The molecule has 4 heavy (non-hydrogen) atoms. The Morgan fingerprint density at radius 3 is 1.25 bits per heavy atom. The molecule has 0 atom stereocenters. The van der Waals surface area contributed by atoms with Gasteiger partial charge in [0.25, 0.3) is 0 Å². The van der Waals surface area contributed by atoms with Gasteiger partial charge in [-0.3, -0.25) is 0 Å². The quantitative estimate of drug-likeness (QED) is 0.435. The van der Waals surface area contributed by atoms with Gasteiger partial charge in [0.1, 0.15) is 0 Å². The van der Waals surface area contributed by atoms with Crippen molar-refractivity contribution in [3.05, 3.63) is 0 Å². The van der Waals surface area contributed by atoms with Gasteiger partial charge in [-0.1, -0.05) is 0 Å². The van der Waals surface area contributed by atoms with Gasteiger partial charge in [0.05, 0.1) is 0 Å². The van der Waals surface area contributed by atoms with Crippen LogP contribution in [0.15, 0.2) is 0 Å². The van der Waals surface area contributed by atoms with Gasteiger partial charge in [-0.15, -0.1) is 0 Å². The van der Waals surface area contributed by atoms with E-state index in [-0.39, 0.29) is 25.8 Å². The maximum Gasteiger partial charge on any atom is 0.0209 e. The summed E-state index contributed by atoms with van der Waals surface area (Å²) in [7, 11) is 0. The van der Waals surface area contributed by atoms with Crippen LogP contribution in [-0.4, -0.2) is 0 Å². The number of hydrogen-bond acceptors (Lipinski definition) is 1. The summed E-state index contributed by atoms with van der Waals surface area (Å²) >= 11 is 0. The first-order valence-electron chi connectivity index (χ1n) is 0.309. The van der Waals surface area contributed by atoms with Crippen LogP contribution in [0.4, 0.5) is 9.05 Å². The molecule has 4 heteroatoms. The standard InChI is InChI=1S/F2O.Sc/c1-3-2;. The topological polar surface area (TPSA) is 9.23 Å². The third kappa shape index (κ3) is 16.1. The zero-order valence-electron chi connectivity index (χ0n) is 1.74. The molecule has 0 saturated carbocycles. The molecule has 0 saturated heterocycles. The molecule has 0 amide bonds. The van der Waals surface area contributed by atoms with E-state index in [1.807, 2.05) is 0 Å². The summed E-state index contributed by atoms with van der Waals surface area (Å²) in [5.74, 6) is 0. The van der Waals surface area contributed by atoms with Gasteiger partial charge in [0.15, 0.2) is 0 Å². The van der Waals surface area contributed by atoms with Crippen LogP contribution in [0.2, 0.25) is 0 Å². The van der Waals surface area contributed by atoms with Crippen molar-refractivity contribution in [3.63, 3.8) is 0 Å². The van der Waals surface area contributed by atoms with Crippen LogP contribution in [0.5, 0.6) is 0 Å². The van der Waals surface area contributed by atoms with Crippen LogP contribution in [-0.2, 0) is 31.0 Å². The van der Waals surface area contributed by atoms with Crippen LogP contribution >= 0.6 is 0 Å². The molecule has 1 radical (unpaired) electrons. The van der Waals surface area contributed by atoms with Gasteiger partial charge in [0.2, 0.25) is 0 Å². The molecular weight excluding hydrogens is 99.0 g/mol. The predicted molar refractivity (Wildman–Crippen MR) is 3.30 cm³/mol. The molecule has 0 unspecified atom stereocenters. The van der Waals surface area contributed by atoms with Gasteiger partial charge in [-0.2, -0.15) is 0 Å². The average molecular weight is 99.0 g/mol. The minimum Gasteiger partial charge on any atom is -0.0104 e. The Hall–Kier alpha value is 0.690. The number of hydrogen-bond donors (Lipinski definition) is 0. The summed E-state index contributed by atoms with van der Waals surface area (Å²) < 4.78 is 18.2. The molecule has 0 spiro atoms. The van der Waals surface area contributed by atoms with E-state index >= 15 is 0 Å². The van der Waals surface area contributed by atoms with Gasteiger partial charge in [0, 0.05) is 31.0 Å². The smallest absolute Gasteiger partial charge is 0.0104 e. The molecule has 0 aliphatic rings. The van der Waals surface area contributed by atoms with E-state index in [0.29, 0.717) is 0 Å². The summed E-state index contributed by atoms with van der Waals surface area (Å²) in [4.78, 5) is 0. The summed E-state index contributed by atoms with van der Waals surface area (Å²) in [6.45, 7) is 0. The fraction of sp³-hybridized carbons (Fsp3) is 0. The van der Waals surface area contributed by atoms with E-state index in [9.17, 15) is 0 Å². The molecule has 0 aromatic rings. The zero-order valence-corrected chi connectivity index (χ0v) is 3.54. The normalized spacial score (nSPS) is 4.50. The molecule has 0 fully saturated rings. The minimum absolute atomic E-state index is 0. The molecule has 0 aromatic carbocycles. The van der Waals surface area contributed by atoms with E-state index in [1.165, 1.54) is 5.15 Å². The molecule has 0 aromatic heterocycles. The minimum atomic E-state index is 0. The average Bonchev–Trinajstić information content (AvgIpc) is 0.918. The molecule has 0 rings (SSSR count). The second kappa shape index (κ2) is 9.35. The Labute approximate surface area is 40.5 Å². The van der Waals surface area contributed by atoms with E-state index in [2.05, 4.69) is 0 Å². The van der Waals surface area contributed by atoms with Crippen molar-refractivity contribution in [2.75, 3.05) is 0 Å². The Kier molecular flexibility index (Phi) is 20.6. The van der Waals surface area contributed by atoms with Crippen molar-refractivity contribution in [2.45, 2.75) is 0 Å². The second-order valence-electron chi connectivity index (χ2n) is 0.0583. The molecule has 0 N–H and O–H groups in total. The predicted octanol–water partition coefficient (Wildman–Crippen LogP) is 0.770. The van der Waals surface area contributed by atoms with E-state index in [4.69, 9.17) is 9.05 Å². The molecule has 1 nitrogen and oxygen atoms in total. The number of halogens is 2. The van der Waals surface area contributed by atoms with Crippen LogP contribution < -0.4 is 0 Å². The van der Waals surface area contributed by atoms with Crippen LogP contribution in [0.3, 0.4) is 0 Å². The van der Waals surface area contributed by atoms with Crippen LogP contribution in [0.25, 0.3) is 0 Å². The van der Waals surface area contributed by atoms with Crippen molar-refractivity contribution >= 4 is 0 Å². The molecule has 0 aliphatic carbocycles. The maximum absolute atomic E-state index is 9.12. The monoisotopic (exact) mass is 98.9 g/mol. The van der Waals surface area contributed by atoms with Crippen molar-refractivity contribution in [2.24, 2.45) is 0 Å². The Bertz CT molecular complexity index is 6.00. The molecule has 0 bridgehead atoms.